The number of pyridine rings is 1. The fourth-order valence-corrected chi connectivity index (χ4v) is 3.68. The van der Waals surface area contributed by atoms with Crippen LogP contribution >= 0.6 is 0 Å². The van der Waals surface area contributed by atoms with Crippen molar-refractivity contribution >= 4 is 5.91 Å². The number of carbonyl (C=O) groups excluding carboxylic acids is 1. The lowest BCUT2D eigenvalue weighted by Crippen LogP contribution is -2.35. The molecule has 26 heavy (non-hydrogen) atoms. The molecule has 0 radical (unpaired) electrons. The van der Waals surface area contributed by atoms with Gasteiger partial charge in [-0.1, -0.05) is 12.1 Å². The molecule has 2 atom stereocenters. The molecule has 136 valence electrons. The third-order valence-corrected chi connectivity index (χ3v) is 5.04. The summed E-state index contributed by atoms with van der Waals surface area (Å²) in [5.74, 6) is 1.66. The summed E-state index contributed by atoms with van der Waals surface area (Å²) in [4.78, 5) is 19.2. The lowest BCUT2D eigenvalue weighted by molar-refractivity contribution is -0.136. The van der Waals surface area contributed by atoms with Gasteiger partial charge in [0, 0.05) is 37.4 Å². The second kappa shape index (κ2) is 7.33. The molecule has 2 N–H and O–H groups in total. The van der Waals surface area contributed by atoms with Crippen molar-refractivity contribution in [2.75, 3.05) is 6.79 Å². The number of carbonyl (C=O) groups is 1. The summed E-state index contributed by atoms with van der Waals surface area (Å²) in [7, 11) is 0. The smallest absolute Gasteiger partial charge is 0.231 e. The first-order valence-corrected chi connectivity index (χ1v) is 9.01. The second-order valence-corrected chi connectivity index (χ2v) is 7.01. The predicted octanol–water partition coefficient (Wildman–Crippen LogP) is 2.47. The molecule has 0 bridgehead atoms. The number of benzene rings is 1. The molecule has 2 aromatic rings. The van der Waals surface area contributed by atoms with Crippen LogP contribution in [-0.4, -0.2) is 28.6 Å². The first-order valence-electron chi connectivity index (χ1n) is 9.01. The Labute approximate surface area is 152 Å². The largest absolute Gasteiger partial charge is 0.454 e. The Hall–Kier alpha value is -2.60. The molecule has 1 saturated carbocycles. The first-order chi connectivity index (χ1) is 12.7. The van der Waals surface area contributed by atoms with Gasteiger partial charge in [0.05, 0.1) is 0 Å². The average Bonchev–Trinajstić information content (AvgIpc) is 3.30. The van der Waals surface area contributed by atoms with E-state index in [1.54, 1.807) is 12.4 Å². The molecular formula is C20H23N3O3. The van der Waals surface area contributed by atoms with E-state index in [1.165, 1.54) is 0 Å². The van der Waals surface area contributed by atoms with Crippen molar-refractivity contribution in [3.8, 4) is 11.5 Å². The molecule has 4 rings (SSSR count). The number of nitrogens with two attached hydrogens (primary N) is 1. The van der Waals surface area contributed by atoms with Crippen LogP contribution in [0.4, 0.5) is 0 Å². The third kappa shape index (κ3) is 3.65. The minimum absolute atomic E-state index is 0.00989. The first kappa shape index (κ1) is 16.8. The monoisotopic (exact) mass is 353 g/mol. The molecule has 1 amide bonds. The van der Waals surface area contributed by atoms with Gasteiger partial charge in [-0.3, -0.25) is 9.78 Å². The Bertz CT molecular complexity index is 781. The number of rotatable bonds is 5. The predicted molar refractivity (Wildman–Crippen MR) is 96.4 cm³/mol. The van der Waals surface area contributed by atoms with E-state index < -0.39 is 0 Å². The Balaban J connectivity index is 1.54. The number of aromatic nitrogens is 1. The maximum absolute atomic E-state index is 13.1. The molecule has 2 heterocycles. The van der Waals surface area contributed by atoms with Crippen LogP contribution in [0.3, 0.4) is 0 Å². The zero-order valence-electron chi connectivity index (χ0n) is 14.6. The van der Waals surface area contributed by atoms with Gasteiger partial charge in [-0.15, -0.1) is 0 Å². The molecule has 1 aliphatic heterocycles. The van der Waals surface area contributed by atoms with E-state index in [2.05, 4.69) is 4.98 Å². The van der Waals surface area contributed by atoms with Gasteiger partial charge in [-0.05, 0) is 48.6 Å². The zero-order chi connectivity index (χ0) is 17.9. The van der Waals surface area contributed by atoms with Gasteiger partial charge >= 0.3 is 0 Å². The molecule has 6 nitrogen and oxygen atoms in total. The van der Waals surface area contributed by atoms with E-state index in [0.717, 1.165) is 41.9 Å². The van der Waals surface area contributed by atoms with Crippen molar-refractivity contribution < 1.29 is 14.3 Å². The van der Waals surface area contributed by atoms with Crippen LogP contribution in [0.2, 0.25) is 0 Å². The Morgan fingerprint density at radius 3 is 2.77 bits per heavy atom. The molecule has 1 fully saturated rings. The van der Waals surface area contributed by atoms with Crippen LogP contribution in [0, 0.1) is 5.92 Å². The van der Waals surface area contributed by atoms with Crippen LogP contribution in [0.15, 0.2) is 42.7 Å². The van der Waals surface area contributed by atoms with Gasteiger partial charge in [0.2, 0.25) is 12.7 Å². The summed E-state index contributed by atoms with van der Waals surface area (Å²) >= 11 is 0. The van der Waals surface area contributed by atoms with E-state index in [0.29, 0.717) is 13.1 Å². The summed E-state index contributed by atoms with van der Waals surface area (Å²) in [6, 6.07) is 9.85. The minimum Gasteiger partial charge on any atom is -0.454 e. The normalized spacial score (nSPS) is 21.0. The van der Waals surface area contributed by atoms with Gasteiger partial charge in [0.1, 0.15) is 0 Å². The standard InChI is InChI=1S/C20H23N3O3/c21-17-5-4-16(9-17)20(24)23(12-15-2-1-7-22-10-15)11-14-3-6-18-19(8-14)26-13-25-18/h1-3,6-8,10,16-17H,4-5,9,11-13,21H2/t16-,17+/m1/s1. The third-order valence-electron chi connectivity index (χ3n) is 5.04. The minimum atomic E-state index is 0.00989. The van der Waals surface area contributed by atoms with Crippen molar-refractivity contribution in [1.29, 1.82) is 0 Å². The van der Waals surface area contributed by atoms with Crippen molar-refractivity contribution in [2.24, 2.45) is 11.7 Å². The molecule has 1 aliphatic carbocycles. The Kier molecular flexibility index (Phi) is 4.75. The maximum atomic E-state index is 13.1. The number of amides is 1. The van der Waals surface area contributed by atoms with E-state index in [4.69, 9.17) is 15.2 Å². The average molecular weight is 353 g/mol. The summed E-state index contributed by atoms with van der Waals surface area (Å²) in [5, 5.41) is 0. The fourth-order valence-electron chi connectivity index (χ4n) is 3.68. The van der Waals surface area contributed by atoms with Crippen molar-refractivity contribution in [3.63, 3.8) is 0 Å². The molecule has 0 spiro atoms. The highest BCUT2D eigenvalue weighted by atomic mass is 16.7. The summed E-state index contributed by atoms with van der Waals surface area (Å²) in [5.41, 5.74) is 8.06. The van der Waals surface area contributed by atoms with Crippen LogP contribution in [0.25, 0.3) is 0 Å². The topological polar surface area (TPSA) is 77.7 Å². The maximum Gasteiger partial charge on any atom is 0.231 e. The number of hydrogen-bond acceptors (Lipinski definition) is 5. The van der Waals surface area contributed by atoms with E-state index in [-0.39, 0.29) is 24.7 Å². The van der Waals surface area contributed by atoms with Crippen LogP contribution in [0.1, 0.15) is 30.4 Å². The molecular weight excluding hydrogens is 330 g/mol. The van der Waals surface area contributed by atoms with E-state index >= 15 is 0 Å². The van der Waals surface area contributed by atoms with Gasteiger partial charge in [-0.25, -0.2) is 0 Å². The quantitative estimate of drug-likeness (QED) is 0.893. The number of hydrogen-bond donors (Lipinski definition) is 1. The van der Waals surface area contributed by atoms with Gasteiger partial charge < -0.3 is 20.1 Å². The number of ether oxygens (including phenoxy) is 2. The molecule has 6 heteroatoms. The highest BCUT2D eigenvalue weighted by Crippen LogP contribution is 2.33. The Morgan fingerprint density at radius 1 is 1.15 bits per heavy atom. The highest BCUT2D eigenvalue weighted by Gasteiger charge is 2.31. The summed E-state index contributed by atoms with van der Waals surface area (Å²) < 4.78 is 10.8. The fraction of sp³-hybridized carbons (Fsp3) is 0.400. The lowest BCUT2D eigenvalue weighted by atomic mass is 10.0. The van der Waals surface area contributed by atoms with Crippen LogP contribution in [-0.2, 0) is 17.9 Å². The SMILES string of the molecule is N[C@H]1CC[C@@H](C(=O)N(Cc2cccnc2)Cc2ccc3c(c2)OCO3)C1. The molecule has 2 aliphatic rings. The number of nitrogens with zero attached hydrogens (tertiary/aromatic N) is 2. The zero-order valence-corrected chi connectivity index (χ0v) is 14.6. The number of fused-ring (bicyclic) bond motifs is 1. The highest BCUT2D eigenvalue weighted by molar-refractivity contribution is 5.79. The van der Waals surface area contributed by atoms with Crippen molar-refractivity contribution in [1.82, 2.24) is 9.88 Å². The van der Waals surface area contributed by atoms with Crippen LogP contribution in [0.5, 0.6) is 11.5 Å². The summed E-state index contributed by atoms with van der Waals surface area (Å²) in [6.07, 6.45) is 6.10. The lowest BCUT2D eigenvalue weighted by Gasteiger charge is -2.26. The molecule has 0 saturated heterocycles. The van der Waals surface area contributed by atoms with Crippen molar-refractivity contribution in [3.05, 3.63) is 53.9 Å². The van der Waals surface area contributed by atoms with Gasteiger partial charge in [0.15, 0.2) is 11.5 Å². The van der Waals surface area contributed by atoms with Crippen LogP contribution < -0.4 is 15.2 Å². The van der Waals surface area contributed by atoms with E-state index in [1.807, 2.05) is 35.2 Å². The molecule has 1 aromatic heterocycles. The Morgan fingerprint density at radius 2 is 2.00 bits per heavy atom. The molecule has 1 aromatic carbocycles. The van der Waals surface area contributed by atoms with E-state index in [9.17, 15) is 4.79 Å². The van der Waals surface area contributed by atoms with Gasteiger partial charge in [-0.2, -0.15) is 0 Å². The second-order valence-electron chi connectivity index (χ2n) is 7.01. The summed E-state index contributed by atoms with van der Waals surface area (Å²) in [6.45, 7) is 1.31. The van der Waals surface area contributed by atoms with Gasteiger partial charge in [0.25, 0.3) is 0 Å². The van der Waals surface area contributed by atoms with Crippen molar-refractivity contribution in [2.45, 2.75) is 38.4 Å². The molecule has 0 unspecified atom stereocenters.